The molecule has 0 radical (unpaired) electrons. The van der Waals surface area contributed by atoms with E-state index in [0.717, 1.165) is 0 Å². The number of nitrogens with zero attached hydrogens (tertiary/aromatic N) is 1. The maximum Gasteiger partial charge on any atom is 0.237 e. The zero-order valence-corrected chi connectivity index (χ0v) is 12.4. The van der Waals surface area contributed by atoms with Crippen LogP contribution in [0.2, 0.25) is 5.15 Å². The summed E-state index contributed by atoms with van der Waals surface area (Å²) < 4.78 is 26.8. The van der Waals surface area contributed by atoms with Crippen molar-refractivity contribution in [3.63, 3.8) is 0 Å². The average Bonchev–Trinajstić information content (AvgIpc) is 2.33. The fourth-order valence-corrected chi connectivity index (χ4v) is 3.31. The molecule has 0 unspecified atom stereocenters. The number of sulfonamides is 1. The molecule has 2 aromatic rings. The van der Waals surface area contributed by atoms with Crippen molar-refractivity contribution in [1.82, 2.24) is 4.98 Å². The molecule has 1 heterocycles. The smallest absolute Gasteiger partial charge is 0.237 e. The zero-order valence-electron chi connectivity index (χ0n) is 10.8. The highest BCUT2D eigenvalue weighted by Crippen LogP contribution is 2.24. The molecule has 0 aliphatic carbocycles. The van der Waals surface area contributed by atoms with Crippen LogP contribution in [0.25, 0.3) is 0 Å². The molecule has 0 spiro atoms. The van der Waals surface area contributed by atoms with Gasteiger partial charge in [0, 0.05) is 11.9 Å². The molecule has 106 valence electrons. The highest BCUT2D eigenvalue weighted by molar-refractivity contribution is 7.91. The monoisotopic (exact) mass is 311 g/mol. The quantitative estimate of drug-likeness (QED) is 0.671. The highest BCUT2D eigenvalue weighted by Gasteiger charge is 2.15. The average molecular weight is 312 g/mol. The third-order valence-corrected chi connectivity index (χ3v) is 4.19. The Labute approximate surface area is 122 Å². The second kappa shape index (κ2) is 5.68. The summed E-state index contributed by atoms with van der Waals surface area (Å²) in [4.78, 5) is 3.86. The van der Waals surface area contributed by atoms with Crippen LogP contribution in [0.4, 0.5) is 11.4 Å². The third-order valence-electron chi connectivity index (χ3n) is 2.68. The Morgan fingerprint density at radius 3 is 2.75 bits per heavy atom. The molecule has 7 heteroatoms. The van der Waals surface area contributed by atoms with Gasteiger partial charge in [-0.1, -0.05) is 23.7 Å². The number of nitrogen functional groups attached to an aromatic ring is 1. The number of anilines is 2. The second-order valence-corrected chi connectivity index (χ2v) is 6.48. The van der Waals surface area contributed by atoms with Gasteiger partial charge in [0.1, 0.15) is 0 Å². The lowest BCUT2D eigenvalue weighted by molar-refractivity contribution is 0.600. The Kier molecular flexibility index (Phi) is 4.15. The largest absolute Gasteiger partial charge is 0.399 e. The molecule has 1 aromatic heterocycles. The molecule has 0 fully saturated rings. The van der Waals surface area contributed by atoms with Gasteiger partial charge >= 0.3 is 0 Å². The van der Waals surface area contributed by atoms with Gasteiger partial charge in [-0.2, -0.15) is 0 Å². The van der Waals surface area contributed by atoms with Gasteiger partial charge in [-0.25, -0.2) is 13.4 Å². The summed E-state index contributed by atoms with van der Waals surface area (Å²) in [5.41, 5.74) is 7.77. The number of nitrogens with one attached hydrogen (secondary N) is 1. The van der Waals surface area contributed by atoms with E-state index in [4.69, 9.17) is 17.3 Å². The maximum absolute atomic E-state index is 12.1. The summed E-state index contributed by atoms with van der Waals surface area (Å²) >= 11 is 5.91. The number of benzene rings is 1. The lowest BCUT2D eigenvalue weighted by Gasteiger charge is -2.11. The number of halogens is 1. The van der Waals surface area contributed by atoms with E-state index in [1.165, 1.54) is 6.20 Å². The lowest BCUT2D eigenvalue weighted by Crippen LogP contribution is -2.16. The van der Waals surface area contributed by atoms with Crippen molar-refractivity contribution >= 4 is 33.0 Å². The number of hydrogen-bond donors (Lipinski definition) is 2. The van der Waals surface area contributed by atoms with E-state index in [0.29, 0.717) is 22.5 Å². The van der Waals surface area contributed by atoms with E-state index in [9.17, 15) is 8.42 Å². The zero-order chi connectivity index (χ0) is 14.8. The predicted octanol–water partition coefficient (Wildman–Crippen LogP) is 2.57. The molecule has 5 nitrogen and oxygen atoms in total. The van der Waals surface area contributed by atoms with Gasteiger partial charge in [0.25, 0.3) is 0 Å². The van der Waals surface area contributed by atoms with E-state index in [-0.39, 0.29) is 10.9 Å². The van der Waals surface area contributed by atoms with E-state index in [1.807, 2.05) is 0 Å². The van der Waals surface area contributed by atoms with Crippen LogP contribution in [-0.2, 0) is 15.8 Å². The molecule has 1 aromatic carbocycles. The fraction of sp³-hybridized carbons (Fsp3) is 0.154. The molecular weight excluding hydrogens is 298 g/mol. The van der Waals surface area contributed by atoms with Crippen LogP contribution in [0.15, 0.2) is 36.5 Å². The van der Waals surface area contributed by atoms with Crippen LogP contribution in [-0.4, -0.2) is 13.4 Å². The minimum Gasteiger partial charge on any atom is -0.399 e. The molecular formula is C13H14ClN3O2S. The minimum atomic E-state index is -3.58. The standard InChI is InChI=1S/C13H14ClN3O2S/c1-9-5-6-16-13(14)12(9)17-20(18,19)8-10-3-2-4-11(15)7-10/h2-7,17H,8,15H2,1H3. The fourth-order valence-electron chi connectivity index (χ4n) is 1.74. The van der Waals surface area contributed by atoms with Gasteiger partial charge in [0.2, 0.25) is 10.0 Å². The summed E-state index contributed by atoms with van der Waals surface area (Å²) in [6, 6.07) is 8.42. The summed E-state index contributed by atoms with van der Waals surface area (Å²) in [5, 5.41) is 0.126. The third kappa shape index (κ3) is 3.61. The number of nitrogens with two attached hydrogens (primary N) is 1. The van der Waals surface area contributed by atoms with Gasteiger partial charge in [-0.15, -0.1) is 0 Å². The summed E-state index contributed by atoms with van der Waals surface area (Å²) in [6.45, 7) is 1.76. The number of aryl methyl sites for hydroxylation is 1. The van der Waals surface area contributed by atoms with Crippen molar-refractivity contribution in [2.45, 2.75) is 12.7 Å². The second-order valence-electron chi connectivity index (χ2n) is 4.40. The van der Waals surface area contributed by atoms with Crippen molar-refractivity contribution < 1.29 is 8.42 Å². The van der Waals surface area contributed by atoms with Crippen molar-refractivity contribution in [3.8, 4) is 0 Å². The highest BCUT2D eigenvalue weighted by atomic mass is 35.5. The van der Waals surface area contributed by atoms with E-state index < -0.39 is 10.0 Å². The Morgan fingerprint density at radius 1 is 1.35 bits per heavy atom. The van der Waals surface area contributed by atoms with E-state index in [2.05, 4.69) is 9.71 Å². The predicted molar refractivity (Wildman–Crippen MR) is 81.1 cm³/mol. The van der Waals surface area contributed by atoms with Gasteiger partial charge in [0.05, 0.1) is 11.4 Å². The first-order chi connectivity index (χ1) is 9.37. The van der Waals surface area contributed by atoms with E-state index >= 15 is 0 Å². The summed E-state index contributed by atoms with van der Waals surface area (Å²) in [7, 11) is -3.58. The Hall–Kier alpha value is -1.79. The van der Waals surface area contributed by atoms with Gasteiger partial charge in [-0.05, 0) is 36.2 Å². The van der Waals surface area contributed by atoms with Crippen LogP contribution in [0.1, 0.15) is 11.1 Å². The van der Waals surface area contributed by atoms with E-state index in [1.54, 1.807) is 37.3 Å². The maximum atomic E-state index is 12.1. The van der Waals surface area contributed by atoms with Crippen LogP contribution < -0.4 is 10.5 Å². The van der Waals surface area contributed by atoms with Crippen LogP contribution >= 0.6 is 11.6 Å². The van der Waals surface area contributed by atoms with Crippen LogP contribution in [0.3, 0.4) is 0 Å². The number of rotatable bonds is 4. The normalized spacial score (nSPS) is 11.3. The first-order valence-corrected chi connectivity index (χ1v) is 7.86. The summed E-state index contributed by atoms with van der Waals surface area (Å²) in [6.07, 6.45) is 1.52. The number of aromatic nitrogens is 1. The topological polar surface area (TPSA) is 85.1 Å². The first kappa shape index (κ1) is 14.6. The van der Waals surface area contributed by atoms with Crippen LogP contribution in [0, 0.1) is 6.92 Å². The molecule has 0 bridgehead atoms. The molecule has 0 amide bonds. The first-order valence-electron chi connectivity index (χ1n) is 5.83. The minimum absolute atomic E-state index is 0.126. The lowest BCUT2D eigenvalue weighted by atomic mass is 10.2. The van der Waals surface area contributed by atoms with Crippen molar-refractivity contribution in [2.24, 2.45) is 0 Å². The van der Waals surface area contributed by atoms with Crippen LogP contribution in [0.5, 0.6) is 0 Å². The molecule has 0 aliphatic heterocycles. The summed E-state index contributed by atoms with van der Waals surface area (Å²) in [5.74, 6) is -0.178. The van der Waals surface area contributed by atoms with Crippen molar-refractivity contribution in [2.75, 3.05) is 10.5 Å². The molecule has 20 heavy (non-hydrogen) atoms. The Bertz CT molecular complexity index is 712. The van der Waals surface area contributed by atoms with Gasteiger partial charge in [0.15, 0.2) is 5.15 Å². The number of pyridine rings is 1. The SMILES string of the molecule is Cc1ccnc(Cl)c1NS(=O)(=O)Cc1cccc(N)c1. The van der Waals surface area contributed by atoms with Gasteiger partial charge in [-0.3, -0.25) is 4.72 Å². The molecule has 0 atom stereocenters. The molecule has 2 rings (SSSR count). The molecule has 0 aliphatic rings. The Balaban J connectivity index is 2.24. The molecule has 0 saturated carbocycles. The van der Waals surface area contributed by atoms with Gasteiger partial charge < -0.3 is 5.73 Å². The molecule has 3 N–H and O–H groups in total. The Morgan fingerprint density at radius 2 is 2.10 bits per heavy atom. The molecule has 0 saturated heterocycles. The number of hydrogen-bond acceptors (Lipinski definition) is 4. The van der Waals surface area contributed by atoms with Crippen molar-refractivity contribution in [3.05, 3.63) is 52.8 Å². The van der Waals surface area contributed by atoms with Crippen molar-refractivity contribution in [1.29, 1.82) is 0 Å².